The number of nitriles is 2. The minimum atomic E-state index is -0.677. The summed E-state index contributed by atoms with van der Waals surface area (Å²) < 4.78 is 0. The molecule has 0 amide bonds. The molecule has 0 aliphatic heterocycles. The van der Waals surface area contributed by atoms with Crippen LogP contribution in [0.5, 0.6) is 0 Å². The number of rotatable bonds is 6. The van der Waals surface area contributed by atoms with Gasteiger partial charge >= 0.3 is 0 Å². The lowest BCUT2D eigenvalue weighted by Gasteiger charge is -2.11. The molecule has 2 rings (SSSR count). The fourth-order valence-corrected chi connectivity index (χ4v) is 2.14. The molecule has 0 radical (unpaired) electrons. The van der Waals surface area contributed by atoms with Gasteiger partial charge in [-0.05, 0) is 23.3 Å². The summed E-state index contributed by atoms with van der Waals surface area (Å²) >= 11 is 0. The Labute approximate surface area is 129 Å². The molecule has 1 N–H and O–H groups in total. The highest BCUT2D eigenvalue weighted by Crippen LogP contribution is 2.19. The molecule has 0 atom stereocenters. The quantitative estimate of drug-likeness (QED) is 0.828. The zero-order chi connectivity index (χ0) is 15.8. The molecule has 22 heavy (non-hydrogen) atoms. The summed E-state index contributed by atoms with van der Waals surface area (Å²) in [6, 6.07) is 19.1. The van der Waals surface area contributed by atoms with Crippen molar-refractivity contribution in [3.8, 4) is 12.1 Å². The first kappa shape index (κ1) is 15.3. The molecule has 4 nitrogen and oxygen atoms in total. The van der Waals surface area contributed by atoms with Crippen LogP contribution in [0.3, 0.4) is 0 Å². The van der Waals surface area contributed by atoms with Gasteiger partial charge in [0.1, 0.15) is 5.92 Å². The first-order chi connectivity index (χ1) is 10.8. The summed E-state index contributed by atoms with van der Waals surface area (Å²) in [4.78, 5) is 11.1. The first-order valence-electron chi connectivity index (χ1n) is 6.92. The lowest BCUT2D eigenvalue weighted by Crippen LogP contribution is -2.04. The van der Waals surface area contributed by atoms with Gasteiger partial charge in [-0.2, -0.15) is 10.5 Å². The second-order valence-corrected chi connectivity index (χ2v) is 4.89. The van der Waals surface area contributed by atoms with E-state index in [1.54, 1.807) is 12.1 Å². The van der Waals surface area contributed by atoms with Crippen molar-refractivity contribution in [1.29, 1.82) is 10.5 Å². The summed E-state index contributed by atoms with van der Waals surface area (Å²) in [5.74, 6) is -0.677. The fraction of sp³-hybridized carbons (Fsp3) is 0.167. The van der Waals surface area contributed by atoms with Crippen molar-refractivity contribution in [3.05, 3.63) is 65.2 Å². The van der Waals surface area contributed by atoms with Crippen LogP contribution in [-0.4, -0.2) is 6.29 Å². The Balaban J connectivity index is 2.16. The van der Waals surface area contributed by atoms with E-state index in [-0.39, 0.29) is 0 Å². The van der Waals surface area contributed by atoms with Crippen LogP contribution in [-0.2, 0) is 13.0 Å². The maximum atomic E-state index is 11.1. The zero-order valence-corrected chi connectivity index (χ0v) is 12.0. The number of nitrogens with one attached hydrogen (secondary N) is 1. The first-order valence-corrected chi connectivity index (χ1v) is 6.92. The lowest BCUT2D eigenvalue weighted by atomic mass is 10.00. The number of aldehydes is 1. The number of hydrogen-bond acceptors (Lipinski definition) is 4. The average Bonchev–Trinajstić information content (AvgIpc) is 2.58. The van der Waals surface area contributed by atoms with E-state index in [0.717, 1.165) is 17.4 Å². The minimum absolute atomic E-state index is 0.353. The summed E-state index contributed by atoms with van der Waals surface area (Å²) in [7, 11) is 0. The molecular formula is C18H15N3O. The highest BCUT2D eigenvalue weighted by Gasteiger charge is 2.09. The Bertz CT molecular complexity index is 712. The van der Waals surface area contributed by atoms with Crippen LogP contribution in [0.4, 0.5) is 5.69 Å². The molecule has 0 unspecified atom stereocenters. The zero-order valence-electron chi connectivity index (χ0n) is 12.0. The molecule has 0 fully saturated rings. The van der Waals surface area contributed by atoms with Gasteiger partial charge in [-0.25, -0.2) is 0 Å². The second kappa shape index (κ2) is 7.61. The van der Waals surface area contributed by atoms with Crippen LogP contribution in [0, 0.1) is 28.6 Å². The van der Waals surface area contributed by atoms with Gasteiger partial charge in [0.05, 0.1) is 12.1 Å². The molecule has 108 valence electrons. The number of hydrogen-bond donors (Lipinski definition) is 1. The number of carbonyl (C=O) groups excluding carboxylic acids is 1. The van der Waals surface area contributed by atoms with Gasteiger partial charge in [0.2, 0.25) is 0 Å². The van der Waals surface area contributed by atoms with E-state index in [9.17, 15) is 4.79 Å². The predicted molar refractivity (Wildman–Crippen MR) is 84.0 cm³/mol. The van der Waals surface area contributed by atoms with Crippen molar-refractivity contribution in [2.24, 2.45) is 5.92 Å². The van der Waals surface area contributed by atoms with Gasteiger partial charge < -0.3 is 5.32 Å². The van der Waals surface area contributed by atoms with Crippen LogP contribution >= 0.6 is 0 Å². The van der Waals surface area contributed by atoms with Crippen molar-refractivity contribution in [2.45, 2.75) is 13.0 Å². The second-order valence-electron chi connectivity index (χ2n) is 4.89. The van der Waals surface area contributed by atoms with E-state index in [1.165, 1.54) is 0 Å². The Morgan fingerprint density at radius 2 is 1.77 bits per heavy atom. The highest BCUT2D eigenvalue weighted by atomic mass is 16.1. The van der Waals surface area contributed by atoms with E-state index in [2.05, 4.69) is 5.32 Å². The van der Waals surface area contributed by atoms with Crippen molar-refractivity contribution < 1.29 is 4.79 Å². The summed E-state index contributed by atoms with van der Waals surface area (Å²) in [5.41, 5.74) is 3.24. The van der Waals surface area contributed by atoms with Crippen molar-refractivity contribution in [2.75, 3.05) is 5.32 Å². The van der Waals surface area contributed by atoms with Gasteiger partial charge in [0.15, 0.2) is 6.29 Å². The Hall–Kier alpha value is -3.11. The molecule has 0 heterocycles. The normalized spacial score (nSPS) is 9.77. The van der Waals surface area contributed by atoms with Gasteiger partial charge in [0, 0.05) is 24.2 Å². The van der Waals surface area contributed by atoms with Crippen molar-refractivity contribution >= 4 is 12.0 Å². The number of anilines is 1. The third-order valence-electron chi connectivity index (χ3n) is 3.32. The monoisotopic (exact) mass is 289 g/mol. The highest BCUT2D eigenvalue weighted by molar-refractivity contribution is 5.84. The van der Waals surface area contributed by atoms with Crippen LogP contribution in [0.2, 0.25) is 0 Å². The molecule has 4 heteroatoms. The third kappa shape index (κ3) is 3.94. The van der Waals surface area contributed by atoms with Crippen LogP contribution < -0.4 is 5.32 Å². The summed E-state index contributed by atoms with van der Waals surface area (Å²) in [5, 5.41) is 21.0. The van der Waals surface area contributed by atoms with E-state index < -0.39 is 5.92 Å². The number of benzene rings is 2. The molecule has 0 saturated heterocycles. The smallest absolute Gasteiger partial charge is 0.152 e. The Morgan fingerprint density at radius 1 is 1.05 bits per heavy atom. The minimum Gasteiger partial charge on any atom is -0.380 e. The van der Waals surface area contributed by atoms with Crippen LogP contribution in [0.15, 0.2) is 48.5 Å². The van der Waals surface area contributed by atoms with Crippen LogP contribution in [0.1, 0.15) is 21.5 Å². The third-order valence-corrected chi connectivity index (χ3v) is 3.32. The van der Waals surface area contributed by atoms with Gasteiger partial charge in [0.25, 0.3) is 0 Å². The standard InChI is InChI=1S/C18H15N3O/c19-10-16(11-20)8-15-6-7-17(13-22)18(9-15)21-12-14-4-2-1-3-5-14/h1-7,9,13,16,21H,8,12H2. The number of nitrogens with zero attached hydrogens (tertiary/aromatic N) is 2. The maximum absolute atomic E-state index is 11.1. The van der Waals surface area contributed by atoms with Gasteiger partial charge in [-0.3, -0.25) is 4.79 Å². The van der Waals surface area contributed by atoms with Crippen molar-refractivity contribution in [1.82, 2.24) is 0 Å². The molecular weight excluding hydrogens is 274 g/mol. The molecule has 0 aliphatic rings. The predicted octanol–water partition coefficient (Wildman–Crippen LogP) is 3.32. The lowest BCUT2D eigenvalue weighted by molar-refractivity contribution is 0.112. The molecule has 0 saturated carbocycles. The van der Waals surface area contributed by atoms with Gasteiger partial charge in [-0.15, -0.1) is 0 Å². The van der Waals surface area contributed by atoms with Gasteiger partial charge in [-0.1, -0.05) is 36.4 Å². The largest absolute Gasteiger partial charge is 0.380 e. The van der Waals surface area contributed by atoms with E-state index in [4.69, 9.17) is 10.5 Å². The summed E-state index contributed by atoms with van der Waals surface area (Å²) in [6.45, 7) is 0.602. The molecule has 0 aromatic heterocycles. The number of carbonyl (C=O) groups is 1. The van der Waals surface area contributed by atoms with E-state index in [1.807, 2.05) is 48.5 Å². The molecule has 2 aromatic rings. The summed E-state index contributed by atoms with van der Waals surface area (Å²) in [6.07, 6.45) is 1.15. The molecule has 0 aliphatic carbocycles. The Morgan fingerprint density at radius 3 is 2.41 bits per heavy atom. The van der Waals surface area contributed by atoms with E-state index >= 15 is 0 Å². The SMILES string of the molecule is N#CC(C#N)Cc1ccc(C=O)c(NCc2ccccc2)c1. The topological polar surface area (TPSA) is 76.7 Å². The maximum Gasteiger partial charge on any atom is 0.152 e. The van der Waals surface area contributed by atoms with E-state index in [0.29, 0.717) is 24.2 Å². The molecule has 2 aromatic carbocycles. The average molecular weight is 289 g/mol. The van der Waals surface area contributed by atoms with Crippen molar-refractivity contribution in [3.63, 3.8) is 0 Å². The molecule has 0 spiro atoms. The Kier molecular flexibility index (Phi) is 5.29. The fourth-order valence-electron chi connectivity index (χ4n) is 2.14. The molecule has 0 bridgehead atoms. The van der Waals surface area contributed by atoms with Crippen LogP contribution in [0.25, 0.3) is 0 Å².